The van der Waals surface area contributed by atoms with Gasteiger partial charge in [0.05, 0.1) is 6.20 Å². The van der Waals surface area contributed by atoms with Crippen LogP contribution in [0.25, 0.3) is 0 Å². The topological polar surface area (TPSA) is 63.1 Å². The third-order valence-electron chi connectivity index (χ3n) is 3.71. The number of rotatable bonds is 3. The lowest BCUT2D eigenvalue weighted by molar-refractivity contribution is 0.0794. The number of carbonyl (C=O) groups excluding carboxylic acids is 1. The number of piperidine rings is 1. The van der Waals surface area contributed by atoms with Crippen molar-refractivity contribution in [1.29, 1.82) is 0 Å². The number of aromatic nitrogens is 3. The van der Waals surface area contributed by atoms with Gasteiger partial charge in [0.1, 0.15) is 0 Å². The lowest BCUT2D eigenvalue weighted by Gasteiger charge is -2.22. The zero-order valence-electron chi connectivity index (χ0n) is 11.0. The van der Waals surface area contributed by atoms with E-state index in [0.717, 1.165) is 19.6 Å². The fourth-order valence-electron chi connectivity index (χ4n) is 2.64. The van der Waals surface area contributed by atoms with E-state index in [1.54, 1.807) is 15.8 Å². The lowest BCUT2D eigenvalue weighted by Crippen LogP contribution is -2.32. The predicted octanol–water partition coefficient (Wildman–Crippen LogP) is 0.290. The molecule has 0 radical (unpaired) electrons. The Morgan fingerprint density at radius 2 is 2.26 bits per heavy atom. The Kier molecular flexibility index (Phi) is 3.59. The second-order valence-corrected chi connectivity index (χ2v) is 5.22. The standard InChI is InChI=1S/C13H19N5O/c19-13(17-6-1-2-7-17)12-10-18(16-15-12)9-11-4-3-5-14-8-11/h1-2,10-11,14H,3-9H2. The van der Waals surface area contributed by atoms with E-state index in [0.29, 0.717) is 24.7 Å². The van der Waals surface area contributed by atoms with Crippen LogP contribution in [0, 0.1) is 5.92 Å². The molecule has 1 amide bonds. The molecule has 2 aliphatic rings. The summed E-state index contributed by atoms with van der Waals surface area (Å²) in [6.07, 6.45) is 8.19. The third kappa shape index (κ3) is 2.84. The molecule has 3 heterocycles. The van der Waals surface area contributed by atoms with Gasteiger partial charge in [-0.05, 0) is 31.8 Å². The molecule has 0 aromatic carbocycles. The van der Waals surface area contributed by atoms with Crippen LogP contribution in [0.2, 0.25) is 0 Å². The number of carbonyl (C=O) groups is 1. The first kappa shape index (κ1) is 12.3. The van der Waals surface area contributed by atoms with Crippen LogP contribution in [0.5, 0.6) is 0 Å². The molecule has 1 atom stereocenters. The largest absolute Gasteiger partial charge is 0.330 e. The van der Waals surface area contributed by atoms with Crippen molar-refractivity contribution in [2.45, 2.75) is 19.4 Å². The molecule has 6 heteroatoms. The minimum absolute atomic E-state index is 0.0296. The average molecular weight is 261 g/mol. The molecule has 3 rings (SSSR count). The van der Waals surface area contributed by atoms with Crippen LogP contribution >= 0.6 is 0 Å². The fraction of sp³-hybridized carbons (Fsp3) is 0.615. The highest BCUT2D eigenvalue weighted by atomic mass is 16.2. The smallest absolute Gasteiger partial charge is 0.276 e. The van der Waals surface area contributed by atoms with Crippen molar-refractivity contribution in [3.8, 4) is 0 Å². The molecule has 6 nitrogen and oxygen atoms in total. The molecule has 1 saturated heterocycles. The van der Waals surface area contributed by atoms with Gasteiger partial charge < -0.3 is 10.2 Å². The van der Waals surface area contributed by atoms with Crippen LogP contribution in [-0.2, 0) is 6.54 Å². The normalized spacial score (nSPS) is 22.9. The van der Waals surface area contributed by atoms with Crippen molar-refractivity contribution in [2.75, 3.05) is 26.2 Å². The first-order valence-corrected chi connectivity index (χ1v) is 6.88. The Morgan fingerprint density at radius 1 is 1.42 bits per heavy atom. The molecule has 0 saturated carbocycles. The second-order valence-electron chi connectivity index (χ2n) is 5.22. The Labute approximate surface area is 112 Å². The lowest BCUT2D eigenvalue weighted by atomic mass is 10.00. The molecule has 0 spiro atoms. The highest BCUT2D eigenvalue weighted by Crippen LogP contribution is 2.12. The molecular weight excluding hydrogens is 242 g/mol. The second kappa shape index (κ2) is 5.52. The number of hydrogen-bond acceptors (Lipinski definition) is 4. The fourth-order valence-corrected chi connectivity index (χ4v) is 2.64. The van der Waals surface area contributed by atoms with Crippen molar-refractivity contribution in [2.24, 2.45) is 5.92 Å². The SMILES string of the molecule is O=C(c1cn(CC2CCCNC2)nn1)N1CC=CC1. The van der Waals surface area contributed by atoms with Gasteiger partial charge in [-0.1, -0.05) is 17.4 Å². The van der Waals surface area contributed by atoms with Crippen LogP contribution in [0.4, 0.5) is 0 Å². The van der Waals surface area contributed by atoms with Crippen molar-refractivity contribution >= 4 is 5.91 Å². The van der Waals surface area contributed by atoms with Gasteiger partial charge in [0.25, 0.3) is 5.91 Å². The summed E-state index contributed by atoms with van der Waals surface area (Å²) in [4.78, 5) is 13.9. The maximum Gasteiger partial charge on any atom is 0.276 e. The van der Waals surface area contributed by atoms with Gasteiger partial charge in [-0.15, -0.1) is 5.10 Å². The Morgan fingerprint density at radius 3 is 3.00 bits per heavy atom. The number of hydrogen-bond donors (Lipinski definition) is 1. The van der Waals surface area contributed by atoms with Gasteiger partial charge in [-0.3, -0.25) is 9.48 Å². The van der Waals surface area contributed by atoms with E-state index in [1.165, 1.54) is 12.8 Å². The highest BCUT2D eigenvalue weighted by Gasteiger charge is 2.20. The first-order valence-electron chi connectivity index (χ1n) is 6.88. The van der Waals surface area contributed by atoms with Crippen LogP contribution in [0.3, 0.4) is 0 Å². The molecule has 1 aromatic rings. The van der Waals surface area contributed by atoms with E-state index < -0.39 is 0 Å². The monoisotopic (exact) mass is 261 g/mol. The van der Waals surface area contributed by atoms with Crippen molar-refractivity contribution < 1.29 is 4.79 Å². The quantitative estimate of drug-likeness (QED) is 0.794. The summed E-state index contributed by atoms with van der Waals surface area (Å²) >= 11 is 0. The van der Waals surface area contributed by atoms with E-state index in [-0.39, 0.29) is 5.91 Å². The molecule has 2 aliphatic heterocycles. The van der Waals surface area contributed by atoms with E-state index in [4.69, 9.17) is 0 Å². The summed E-state index contributed by atoms with van der Waals surface area (Å²) in [5, 5.41) is 11.5. The Hall–Kier alpha value is -1.69. The average Bonchev–Trinajstić information content (AvgIpc) is 3.10. The van der Waals surface area contributed by atoms with Gasteiger partial charge in [0.2, 0.25) is 0 Å². The molecule has 0 bridgehead atoms. The molecule has 1 aromatic heterocycles. The molecular formula is C13H19N5O. The molecule has 0 aliphatic carbocycles. The predicted molar refractivity (Wildman–Crippen MR) is 70.7 cm³/mol. The van der Waals surface area contributed by atoms with Crippen LogP contribution < -0.4 is 5.32 Å². The van der Waals surface area contributed by atoms with Crippen LogP contribution in [-0.4, -0.2) is 52.0 Å². The number of nitrogens with one attached hydrogen (secondary N) is 1. The maximum atomic E-state index is 12.1. The van der Waals surface area contributed by atoms with Gasteiger partial charge in [-0.25, -0.2) is 0 Å². The van der Waals surface area contributed by atoms with Gasteiger partial charge in [0.15, 0.2) is 5.69 Å². The first-order chi connectivity index (χ1) is 9.33. The minimum Gasteiger partial charge on any atom is -0.330 e. The third-order valence-corrected chi connectivity index (χ3v) is 3.71. The highest BCUT2D eigenvalue weighted by molar-refractivity contribution is 5.92. The molecule has 102 valence electrons. The van der Waals surface area contributed by atoms with E-state index >= 15 is 0 Å². The summed E-state index contributed by atoms with van der Waals surface area (Å²) in [5.74, 6) is 0.560. The molecule has 1 N–H and O–H groups in total. The molecule has 1 unspecified atom stereocenters. The van der Waals surface area contributed by atoms with Crippen molar-refractivity contribution in [1.82, 2.24) is 25.2 Å². The number of amides is 1. The minimum atomic E-state index is -0.0296. The van der Waals surface area contributed by atoms with E-state index in [1.807, 2.05) is 12.2 Å². The molecule has 1 fully saturated rings. The van der Waals surface area contributed by atoms with Gasteiger partial charge in [0, 0.05) is 19.6 Å². The van der Waals surface area contributed by atoms with Gasteiger partial charge in [-0.2, -0.15) is 0 Å². The van der Waals surface area contributed by atoms with Crippen LogP contribution in [0.15, 0.2) is 18.3 Å². The van der Waals surface area contributed by atoms with Gasteiger partial charge >= 0.3 is 0 Å². The summed E-state index contributed by atoms with van der Waals surface area (Å²) < 4.78 is 1.80. The van der Waals surface area contributed by atoms with Crippen molar-refractivity contribution in [3.05, 3.63) is 24.0 Å². The zero-order valence-corrected chi connectivity index (χ0v) is 11.0. The summed E-state index contributed by atoms with van der Waals surface area (Å²) in [6, 6.07) is 0. The van der Waals surface area contributed by atoms with Crippen molar-refractivity contribution in [3.63, 3.8) is 0 Å². The molecule has 19 heavy (non-hydrogen) atoms. The Bertz CT molecular complexity index is 467. The zero-order chi connectivity index (χ0) is 13.1. The Balaban J connectivity index is 1.60. The summed E-state index contributed by atoms with van der Waals surface area (Å²) in [7, 11) is 0. The van der Waals surface area contributed by atoms with E-state index in [9.17, 15) is 4.79 Å². The van der Waals surface area contributed by atoms with Crippen LogP contribution in [0.1, 0.15) is 23.3 Å². The maximum absolute atomic E-state index is 12.1. The summed E-state index contributed by atoms with van der Waals surface area (Å²) in [6.45, 7) is 4.33. The summed E-state index contributed by atoms with van der Waals surface area (Å²) in [5.41, 5.74) is 0.451. The number of nitrogens with zero attached hydrogens (tertiary/aromatic N) is 4. The van der Waals surface area contributed by atoms with E-state index in [2.05, 4.69) is 15.6 Å².